The van der Waals surface area contributed by atoms with Gasteiger partial charge in [0.1, 0.15) is 5.76 Å². The first kappa shape index (κ1) is 22.1. The predicted octanol–water partition coefficient (Wildman–Crippen LogP) is 5.34. The molecule has 6 heteroatoms. The van der Waals surface area contributed by atoms with Crippen LogP contribution in [-0.4, -0.2) is 41.0 Å². The molecule has 32 heavy (non-hydrogen) atoms. The Labute approximate surface area is 191 Å². The summed E-state index contributed by atoms with van der Waals surface area (Å²) in [7, 11) is 0. The fraction of sp³-hybridized carbons (Fsp3) is 0.231. The van der Waals surface area contributed by atoms with E-state index in [0.29, 0.717) is 16.1 Å². The molecule has 4 rings (SSSR count). The number of carbonyl (C=O) groups is 2. The molecule has 0 bridgehead atoms. The van der Waals surface area contributed by atoms with Gasteiger partial charge in [-0.15, -0.1) is 0 Å². The minimum atomic E-state index is -0.734. The van der Waals surface area contributed by atoms with Gasteiger partial charge in [0.15, 0.2) is 0 Å². The molecule has 0 radical (unpaired) electrons. The largest absolute Gasteiger partial charge is 0.507 e. The van der Waals surface area contributed by atoms with E-state index in [2.05, 4.69) is 0 Å². The van der Waals surface area contributed by atoms with Crippen molar-refractivity contribution >= 4 is 39.8 Å². The van der Waals surface area contributed by atoms with Gasteiger partial charge in [-0.25, -0.2) is 0 Å². The molecule has 1 amide bonds. The molecule has 0 spiro atoms. The number of fused-ring (bicyclic) bond motifs is 1. The summed E-state index contributed by atoms with van der Waals surface area (Å²) in [6, 6.07) is 19.3. The molecule has 1 aliphatic rings. The average Bonchev–Trinajstić information content (AvgIpc) is 3.03. The Balaban J connectivity index is 1.86. The Morgan fingerprint density at radius 2 is 1.72 bits per heavy atom. The summed E-state index contributed by atoms with van der Waals surface area (Å²) in [6.07, 6.45) is -0.00325. The van der Waals surface area contributed by atoms with Crippen molar-refractivity contribution in [3.8, 4) is 0 Å². The lowest BCUT2D eigenvalue weighted by Gasteiger charge is -2.25. The molecule has 1 saturated heterocycles. The van der Waals surface area contributed by atoms with Crippen molar-refractivity contribution < 1.29 is 19.4 Å². The highest BCUT2D eigenvalue weighted by molar-refractivity contribution is 6.46. The maximum absolute atomic E-state index is 13.1. The third kappa shape index (κ3) is 4.14. The van der Waals surface area contributed by atoms with Crippen LogP contribution in [0.15, 0.2) is 72.3 Å². The first-order valence-corrected chi connectivity index (χ1v) is 10.9. The lowest BCUT2D eigenvalue weighted by molar-refractivity contribution is -0.140. The Morgan fingerprint density at radius 3 is 2.44 bits per heavy atom. The molecule has 3 aromatic carbocycles. The summed E-state index contributed by atoms with van der Waals surface area (Å²) in [4.78, 5) is 27.6. The molecule has 164 valence electrons. The third-order valence-electron chi connectivity index (χ3n) is 5.55. The number of ether oxygens (including phenoxy) is 1. The number of aliphatic hydroxyl groups excluding tert-OH is 1. The zero-order chi connectivity index (χ0) is 22.8. The van der Waals surface area contributed by atoms with Crippen molar-refractivity contribution in [2.75, 3.05) is 13.2 Å². The molecule has 1 atom stereocenters. The number of hydrogen-bond acceptors (Lipinski definition) is 4. The Kier molecular flexibility index (Phi) is 6.31. The average molecular weight is 450 g/mol. The van der Waals surface area contributed by atoms with E-state index in [-0.39, 0.29) is 30.6 Å². The van der Waals surface area contributed by atoms with Gasteiger partial charge in [0.2, 0.25) is 0 Å². The van der Waals surface area contributed by atoms with Crippen LogP contribution in [0.3, 0.4) is 0 Å². The fourth-order valence-electron chi connectivity index (χ4n) is 4.07. The van der Waals surface area contributed by atoms with E-state index in [9.17, 15) is 14.7 Å². The minimum Gasteiger partial charge on any atom is -0.507 e. The van der Waals surface area contributed by atoms with Crippen molar-refractivity contribution in [1.82, 2.24) is 4.90 Å². The molecular weight excluding hydrogens is 426 g/mol. The topological polar surface area (TPSA) is 66.8 Å². The molecule has 5 nitrogen and oxygen atoms in total. The van der Waals surface area contributed by atoms with Gasteiger partial charge in [0, 0.05) is 17.1 Å². The number of rotatable bonds is 6. The third-order valence-corrected chi connectivity index (χ3v) is 5.81. The van der Waals surface area contributed by atoms with Gasteiger partial charge in [0.05, 0.1) is 24.3 Å². The van der Waals surface area contributed by atoms with Crippen LogP contribution >= 0.6 is 11.6 Å². The monoisotopic (exact) mass is 449 g/mol. The SMILES string of the molecule is CC(C)OCCN1C(=O)C(=O)/C(=C(\O)c2cccc3ccccc23)C1c1ccc(Cl)cc1. The van der Waals surface area contributed by atoms with Crippen molar-refractivity contribution in [3.63, 3.8) is 0 Å². The number of nitrogens with zero attached hydrogens (tertiary/aromatic N) is 1. The van der Waals surface area contributed by atoms with Gasteiger partial charge in [0.25, 0.3) is 11.7 Å². The predicted molar refractivity (Wildman–Crippen MR) is 125 cm³/mol. The zero-order valence-electron chi connectivity index (χ0n) is 17.9. The molecule has 1 heterocycles. The lowest BCUT2D eigenvalue weighted by atomic mass is 9.93. The number of carbonyl (C=O) groups excluding carboxylic acids is 2. The van der Waals surface area contributed by atoms with Crippen molar-refractivity contribution in [2.24, 2.45) is 0 Å². The summed E-state index contributed by atoms with van der Waals surface area (Å²) in [5, 5.41) is 13.6. The first-order chi connectivity index (χ1) is 15.4. The highest BCUT2D eigenvalue weighted by Gasteiger charge is 2.46. The number of benzene rings is 3. The summed E-state index contributed by atoms with van der Waals surface area (Å²) in [6.45, 7) is 4.32. The summed E-state index contributed by atoms with van der Waals surface area (Å²) in [5.74, 6) is -1.55. The van der Waals surface area contributed by atoms with Gasteiger partial charge in [-0.3, -0.25) is 9.59 Å². The number of hydrogen-bond donors (Lipinski definition) is 1. The van der Waals surface area contributed by atoms with Gasteiger partial charge in [-0.05, 0) is 42.3 Å². The second-order valence-corrected chi connectivity index (χ2v) is 8.43. The van der Waals surface area contributed by atoms with Crippen molar-refractivity contribution in [2.45, 2.75) is 26.0 Å². The highest BCUT2D eigenvalue weighted by Crippen LogP contribution is 2.40. The Bertz CT molecular complexity index is 1190. The van der Waals surface area contributed by atoms with Gasteiger partial charge >= 0.3 is 0 Å². The van der Waals surface area contributed by atoms with Gasteiger partial charge in [-0.2, -0.15) is 0 Å². The normalized spacial score (nSPS) is 18.1. The summed E-state index contributed by atoms with van der Waals surface area (Å²) >= 11 is 6.06. The summed E-state index contributed by atoms with van der Waals surface area (Å²) in [5.41, 5.74) is 1.27. The molecule has 3 aromatic rings. The lowest BCUT2D eigenvalue weighted by Crippen LogP contribution is -2.33. The maximum Gasteiger partial charge on any atom is 0.295 e. The van der Waals surface area contributed by atoms with Crippen LogP contribution in [0, 0.1) is 0 Å². The maximum atomic E-state index is 13.1. The number of halogens is 1. The number of ketones is 1. The minimum absolute atomic E-state index is 0.00325. The molecule has 1 N–H and O–H groups in total. The molecule has 1 aliphatic heterocycles. The van der Waals surface area contributed by atoms with Crippen LogP contribution in [0.5, 0.6) is 0 Å². The van der Waals surface area contributed by atoms with E-state index < -0.39 is 17.7 Å². The van der Waals surface area contributed by atoms with Crippen LogP contribution in [0.1, 0.15) is 31.0 Å². The number of amides is 1. The van der Waals surface area contributed by atoms with Crippen LogP contribution in [0.4, 0.5) is 0 Å². The summed E-state index contributed by atoms with van der Waals surface area (Å²) < 4.78 is 5.62. The van der Waals surface area contributed by atoms with Crippen LogP contribution in [-0.2, 0) is 14.3 Å². The Morgan fingerprint density at radius 1 is 1.03 bits per heavy atom. The second-order valence-electron chi connectivity index (χ2n) is 7.99. The van der Waals surface area contributed by atoms with E-state index in [1.165, 1.54) is 4.90 Å². The van der Waals surface area contributed by atoms with E-state index in [4.69, 9.17) is 16.3 Å². The van der Waals surface area contributed by atoms with Gasteiger partial charge < -0.3 is 14.7 Å². The van der Waals surface area contributed by atoms with Crippen LogP contribution < -0.4 is 0 Å². The van der Waals surface area contributed by atoms with E-state index in [0.717, 1.165) is 10.8 Å². The molecular formula is C26H24ClNO4. The molecule has 0 saturated carbocycles. The molecule has 0 aliphatic carbocycles. The second kappa shape index (κ2) is 9.15. The van der Waals surface area contributed by atoms with Crippen LogP contribution in [0.2, 0.25) is 5.02 Å². The number of Topliss-reactive ketones (excluding diaryl/α,β-unsaturated/α-hetero) is 1. The highest BCUT2D eigenvalue weighted by atomic mass is 35.5. The fourth-order valence-corrected chi connectivity index (χ4v) is 4.19. The quantitative estimate of drug-likeness (QED) is 0.313. The molecule has 1 fully saturated rings. The zero-order valence-corrected chi connectivity index (χ0v) is 18.7. The smallest absolute Gasteiger partial charge is 0.295 e. The molecule has 0 aromatic heterocycles. The molecule has 1 unspecified atom stereocenters. The Hall–Kier alpha value is -3.15. The van der Waals surface area contributed by atoms with Crippen molar-refractivity contribution in [3.05, 3.63) is 88.5 Å². The standard InChI is InChI=1S/C26H24ClNO4/c1-16(2)32-15-14-28-23(18-10-12-19(27)13-11-18)22(25(30)26(28)31)24(29)21-9-5-7-17-6-3-4-8-20(17)21/h3-13,16,23,29H,14-15H2,1-2H3/b24-22-. The number of likely N-dealkylation sites (tertiary alicyclic amines) is 1. The van der Waals surface area contributed by atoms with E-state index >= 15 is 0 Å². The van der Waals surface area contributed by atoms with E-state index in [1.54, 1.807) is 30.3 Å². The first-order valence-electron chi connectivity index (χ1n) is 10.5. The van der Waals surface area contributed by atoms with Gasteiger partial charge in [-0.1, -0.05) is 66.2 Å². The van der Waals surface area contributed by atoms with Crippen molar-refractivity contribution in [1.29, 1.82) is 0 Å². The van der Waals surface area contributed by atoms with Crippen LogP contribution in [0.25, 0.3) is 16.5 Å². The van der Waals surface area contributed by atoms with E-state index in [1.807, 2.05) is 50.2 Å². The number of aliphatic hydroxyl groups is 1.